The predicted molar refractivity (Wildman–Crippen MR) is 54.3 cm³/mol. The molecule has 1 saturated carbocycles. The normalized spacial score (nSPS) is 29.2. The van der Waals surface area contributed by atoms with Crippen LogP contribution in [-0.2, 0) is 0 Å². The largest absolute Gasteiger partial charge is 0.303 e. The van der Waals surface area contributed by atoms with Crippen molar-refractivity contribution in [1.29, 1.82) is 0 Å². The summed E-state index contributed by atoms with van der Waals surface area (Å²) in [5, 5.41) is 0. The molecule has 0 heterocycles. The molecule has 1 heteroatoms. The molecule has 12 heavy (non-hydrogen) atoms. The fourth-order valence-corrected chi connectivity index (χ4v) is 2.51. The lowest BCUT2D eigenvalue weighted by atomic mass is 9.72. The minimum Gasteiger partial charge on any atom is -0.303 e. The van der Waals surface area contributed by atoms with Crippen LogP contribution in [-0.4, -0.2) is 24.5 Å². The lowest BCUT2D eigenvalue weighted by Gasteiger charge is -2.43. The number of hydrogen-bond acceptors (Lipinski definition) is 1. The van der Waals surface area contributed by atoms with Gasteiger partial charge in [-0.05, 0) is 31.8 Å². The minimum absolute atomic E-state index is 0.545. The fraction of sp³-hybridized carbons (Fsp3) is 1.00. The van der Waals surface area contributed by atoms with Gasteiger partial charge in [0.15, 0.2) is 0 Å². The van der Waals surface area contributed by atoms with Crippen molar-refractivity contribution in [2.45, 2.75) is 52.5 Å². The van der Waals surface area contributed by atoms with Gasteiger partial charge in [0.05, 0.1) is 0 Å². The van der Waals surface area contributed by atoms with E-state index in [0.717, 1.165) is 6.04 Å². The highest BCUT2D eigenvalue weighted by Crippen LogP contribution is 2.37. The monoisotopic (exact) mass is 169 g/mol. The molecule has 1 aliphatic carbocycles. The zero-order chi connectivity index (χ0) is 9.19. The Bertz CT molecular complexity index is 140. The Balaban J connectivity index is 2.59. The van der Waals surface area contributed by atoms with Crippen LogP contribution in [0.5, 0.6) is 0 Å². The van der Waals surface area contributed by atoms with Crippen LogP contribution in [0.1, 0.15) is 46.5 Å². The van der Waals surface area contributed by atoms with Gasteiger partial charge in [-0.3, -0.25) is 0 Å². The smallest absolute Gasteiger partial charge is 0.0143 e. The second kappa shape index (κ2) is 3.78. The van der Waals surface area contributed by atoms with Crippen LogP contribution in [0.2, 0.25) is 0 Å². The number of hydrogen-bond donors (Lipinski definition) is 0. The molecule has 0 aromatic heterocycles. The van der Waals surface area contributed by atoms with Crippen molar-refractivity contribution in [3.05, 3.63) is 0 Å². The van der Waals surface area contributed by atoms with Crippen LogP contribution in [0.15, 0.2) is 0 Å². The molecule has 0 aromatic carbocycles. The zero-order valence-electron chi connectivity index (χ0n) is 9.06. The van der Waals surface area contributed by atoms with E-state index in [9.17, 15) is 0 Å². The van der Waals surface area contributed by atoms with Gasteiger partial charge in [-0.2, -0.15) is 0 Å². The second-order valence-electron chi connectivity index (χ2n) is 4.82. The maximum atomic E-state index is 2.51. The SMILES string of the molecule is CCN(C)C1CCCCC1(C)C. The van der Waals surface area contributed by atoms with Crippen LogP contribution in [0, 0.1) is 5.41 Å². The second-order valence-corrected chi connectivity index (χ2v) is 4.82. The van der Waals surface area contributed by atoms with E-state index in [1.165, 1.54) is 32.2 Å². The van der Waals surface area contributed by atoms with Gasteiger partial charge in [0.2, 0.25) is 0 Å². The molecule has 1 atom stereocenters. The van der Waals surface area contributed by atoms with Crippen molar-refractivity contribution in [2.75, 3.05) is 13.6 Å². The van der Waals surface area contributed by atoms with Crippen molar-refractivity contribution in [3.8, 4) is 0 Å². The zero-order valence-corrected chi connectivity index (χ0v) is 9.06. The van der Waals surface area contributed by atoms with Gasteiger partial charge >= 0.3 is 0 Å². The van der Waals surface area contributed by atoms with E-state index < -0.39 is 0 Å². The molecule has 72 valence electrons. The van der Waals surface area contributed by atoms with Crippen LogP contribution in [0.3, 0.4) is 0 Å². The predicted octanol–water partition coefficient (Wildman–Crippen LogP) is 2.91. The summed E-state index contributed by atoms with van der Waals surface area (Å²) >= 11 is 0. The Labute approximate surface area is 77.1 Å². The molecule has 1 aliphatic rings. The first-order chi connectivity index (χ1) is 5.58. The Kier molecular flexibility index (Phi) is 3.16. The average molecular weight is 169 g/mol. The highest BCUT2D eigenvalue weighted by Gasteiger charge is 2.33. The summed E-state index contributed by atoms with van der Waals surface area (Å²) in [6, 6.07) is 0.816. The first kappa shape index (κ1) is 10.0. The molecule has 0 amide bonds. The van der Waals surface area contributed by atoms with Crippen molar-refractivity contribution >= 4 is 0 Å². The Morgan fingerprint density at radius 2 is 2.00 bits per heavy atom. The highest BCUT2D eigenvalue weighted by molar-refractivity contribution is 4.88. The molecule has 1 fully saturated rings. The van der Waals surface area contributed by atoms with E-state index in [2.05, 4.69) is 32.7 Å². The molecule has 0 saturated heterocycles. The summed E-state index contributed by atoms with van der Waals surface area (Å²) < 4.78 is 0. The van der Waals surface area contributed by atoms with E-state index in [0.29, 0.717) is 5.41 Å². The summed E-state index contributed by atoms with van der Waals surface area (Å²) in [5.74, 6) is 0. The van der Waals surface area contributed by atoms with Crippen LogP contribution in [0.25, 0.3) is 0 Å². The molecule has 1 nitrogen and oxygen atoms in total. The first-order valence-electron chi connectivity index (χ1n) is 5.28. The van der Waals surface area contributed by atoms with Gasteiger partial charge in [0.1, 0.15) is 0 Å². The Morgan fingerprint density at radius 1 is 1.33 bits per heavy atom. The molecule has 0 radical (unpaired) electrons. The van der Waals surface area contributed by atoms with E-state index in [4.69, 9.17) is 0 Å². The minimum atomic E-state index is 0.545. The Hall–Kier alpha value is -0.0400. The van der Waals surface area contributed by atoms with E-state index >= 15 is 0 Å². The number of nitrogens with zero attached hydrogens (tertiary/aromatic N) is 1. The van der Waals surface area contributed by atoms with Crippen molar-refractivity contribution in [2.24, 2.45) is 5.41 Å². The third-order valence-corrected chi connectivity index (χ3v) is 3.48. The van der Waals surface area contributed by atoms with Gasteiger partial charge < -0.3 is 4.90 Å². The summed E-state index contributed by atoms with van der Waals surface area (Å²) in [6.45, 7) is 8.28. The van der Waals surface area contributed by atoms with E-state index in [1.54, 1.807) is 0 Å². The summed E-state index contributed by atoms with van der Waals surface area (Å²) in [4.78, 5) is 2.51. The topological polar surface area (TPSA) is 3.24 Å². The fourth-order valence-electron chi connectivity index (χ4n) is 2.51. The summed E-state index contributed by atoms with van der Waals surface area (Å²) in [7, 11) is 2.26. The quantitative estimate of drug-likeness (QED) is 0.614. The lowest BCUT2D eigenvalue weighted by molar-refractivity contribution is 0.0718. The third kappa shape index (κ3) is 2.01. The maximum absolute atomic E-state index is 2.51. The van der Waals surface area contributed by atoms with Gasteiger partial charge in [-0.1, -0.05) is 33.6 Å². The standard InChI is InChI=1S/C11H23N/c1-5-12(4)10-8-6-7-9-11(10,2)3/h10H,5-9H2,1-4H3. The molecular formula is C11H23N. The summed E-state index contributed by atoms with van der Waals surface area (Å²) in [6.07, 6.45) is 5.67. The third-order valence-electron chi connectivity index (χ3n) is 3.48. The first-order valence-corrected chi connectivity index (χ1v) is 5.28. The molecule has 1 rings (SSSR count). The summed E-state index contributed by atoms with van der Waals surface area (Å²) in [5.41, 5.74) is 0.545. The van der Waals surface area contributed by atoms with Crippen LogP contribution >= 0.6 is 0 Å². The van der Waals surface area contributed by atoms with Gasteiger partial charge in [0.25, 0.3) is 0 Å². The van der Waals surface area contributed by atoms with Crippen LogP contribution in [0.4, 0.5) is 0 Å². The molecule has 0 N–H and O–H groups in total. The van der Waals surface area contributed by atoms with E-state index in [-0.39, 0.29) is 0 Å². The van der Waals surface area contributed by atoms with Gasteiger partial charge in [-0.25, -0.2) is 0 Å². The maximum Gasteiger partial charge on any atom is 0.0143 e. The molecule has 0 aromatic rings. The van der Waals surface area contributed by atoms with Crippen LogP contribution < -0.4 is 0 Å². The van der Waals surface area contributed by atoms with Crippen molar-refractivity contribution < 1.29 is 0 Å². The number of rotatable bonds is 2. The highest BCUT2D eigenvalue weighted by atomic mass is 15.1. The lowest BCUT2D eigenvalue weighted by Crippen LogP contribution is -2.45. The molecular weight excluding hydrogens is 146 g/mol. The van der Waals surface area contributed by atoms with Crippen molar-refractivity contribution in [1.82, 2.24) is 4.90 Å². The van der Waals surface area contributed by atoms with Crippen molar-refractivity contribution in [3.63, 3.8) is 0 Å². The molecule has 1 unspecified atom stereocenters. The molecule has 0 aliphatic heterocycles. The average Bonchev–Trinajstić information content (AvgIpc) is 2.02. The molecule has 0 spiro atoms. The van der Waals surface area contributed by atoms with Gasteiger partial charge in [-0.15, -0.1) is 0 Å². The van der Waals surface area contributed by atoms with E-state index in [1.807, 2.05) is 0 Å². The Morgan fingerprint density at radius 3 is 2.50 bits per heavy atom. The molecule has 0 bridgehead atoms. The van der Waals surface area contributed by atoms with Gasteiger partial charge in [0, 0.05) is 6.04 Å².